The summed E-state index contributed by atoms with van der Waals surface area (Å²) in [6, 6.07) is 9.13. The summed E-state index contributed by atoms with van der Waals surface area (Å²) in [7, 11) is 1.62. The molecule has 2 atom stereocenters. The monoisotopic (exact) mass is 496 g/mol. The van der Waals surface area contributed by atoms with E-state index >= 15 is 0 Å². The van der Waals surface area contributed by atoms with Crippen LogP contribution in [-0.2, 0) is 0 Å². The summed E-state index contributed by atoms with van der Waals surface area (Å²) >= 11 is 0. The predicted molar refractivity (Wildman–Crippen MR) is 123 cm³/mol. The Hall–Kier alpha value is -2.53. The lowest BCUT2D eigenvalue weighted by atomic mass is 9.86. The molecule has 0 aromatic heterocycles. The number of β-amino-alcohol motifs (C(OH)–C–C–N with tert-alkyl or cyclic N) is 2. The van der Waals surface area contributed by atoms with Crippen LogP contribution in [0.1, 0.15) is 19.3 Å². The quantitative estimate of drug-likeness (QED) is 0.508. The van der Waals surface area contributed by atoms with Crippen LogP contribution in [0.3, 0.4) is 0 Å². The lowest BCUT2D eigenvalue weighted by molar-refractivity contribution is -0.149. The van der Waals surface area contributed by atoms with E-state index < -0.39 is 41.4 Å². The Labute approximate surface area is 202 Å². The van der Waals surface area contributed by atoms with E-state index in [1.54, 1.807) is 7.11 Å². The number of likely N-dealkylation sites (tertiary alicyclic amines) is 1. The number of nitrogens with zero attached hydrogens (tertiary/aromatic N) is 2. The van der Waals surface area contributed by atoms with Gasteiger partial charge in [0, 0.05) is 50.5 Å². The first kappa shape index (κ1) is 25.6. The molecule has 4 rings (SSSR count). The Morgan fingerprint density at radius 3 is 2.20 bits per heavy atom. The van der Waals surface area contributed by atoms with Crippen molar-refractivity contribution in [2.45, 2.75) is 36.6 Å². The topological polar surface area (TPSA) is 85.6 Å². The molecule has 2 heterocycles. The Balaban J connectivity index is 1.34. The third kappa shape index (κ3) is 5.83. The molecule has 2 aromatic carbocycles. The largest absolute Gasteiger partial charge is 0.497 e. The number of aliphatic hydroxyl groups excluding tert-OH is 1. The third-order valence-corrected chi connectivity index (χ3v) is 6.93. The molecule has 2 aliphatic heterocycles. The summed E-state index contributed by atoms with van der Waals surface area (Å²) in [6.45, 7) is 1.65. The molecule has 10 heteroatoms. The molecule has 0 spiro atoms. The van der Waals surface area contributed by atoms with Gasteiger partial charge < -0.3 is 29.7 Å². The van der Waals surface area contributed by atoms with Gasteiger partial charge in [-0.05, 0) is 43.5 Å². The minimum Gasteiger partial charge on any atom is -0.497 e. The molecule has 192 valence electrons. The molecule has 0 amide bonds. The molecule has 3 N–H and O–H groups in total. The van der Waals surface area contributed by atoms with Crippen LogP contribution in [0, 0.1) is 17.5 Å². The maximum atomic E-state index is 13.5. The molecule has 0 saturated carbocycles. The molecular formula is C25H31F3N2O5. The van der Waals surface area contributed by atoms with E-state index in [1.165, 1.54) is 0 Å². The minimum absolute atomic E-state index is 0.00479. The number of ether oxygens (including phenoxy) is 2. The minimum atomic E-state index is -1.72. The average molecular weight is 497 g/mol. The molecule has 0 bridgehead atoms. The first-order valence-electron chi connectivity index (χ1n) is 11.6. The van der Waals surface area contributed by atoms with Gasteiger partial charge >= 0.3 is 0 Å². The fourth-order valence-corrected chi connectivity index (χ4v) is 4.79. The standard InChI is InChI=1S/C25H31F3N2O5/c1-34-18-4-2-17(3-5-18)30-10-7-24(32,8-11-30)14-29-9-6-22(31)25(33,15-29)16-35-19-12-20(26)23(28)21(27)13-19/h2-5,12-13,22,31-33H,6-11,14-16H2,1H3/t22-,25-/m0/s1. The van der Waals surface area contributed by atoms with Gasteiger partial charge in [0.15, 0.2) is 17.5 Å². The summed E-state index contributed by atoms with van der Waals surface area (Å²) in [5.41, 5.74) is -1.63. The van der Waals surface area contributed by atoms with Gasteiger partial charge in [0.2, 0.25) is 0 Å². The van der Waals surface area contributed by atoms with Gasteiger partial charge in [0.1, 0.15) is 23.7 Å². The van der Waals surface area contributed by atoms with Crippen LogP contribution in [0.25, 0.3) is 0 Å². The van der Waals surface area contributed by atoms with Gasteiger partial charge in [0.05, 0.1) is 18.8 Å². The fraction of sp³-hybridized carbons (Fsp3) is 0.520. The highest BCUT2D eigenvalue weighted by molar-refractivity contribution is 5.49. The number of methoxy groups -OCH3 is 1. The smallest absolute Gasteiger partial charge is 0.194 e. The Bertz CT molecular complexity index is 994. The Morgan fingerprint density at radius 2 is 1.60 bits per heavy atom. The summed E-state index contributed by atoms with van der Waals surface area (Å²) in [4.78, 5) is 4.06. The number of piperidine rings is 2. The van der Waals surface area contributed by atoms with Crippen LogP contribution in [0.2, 0.25) is 0 Å². The fourth-order valence-electron chi connectivity index (χ4n) is 4.79. The molecule has 2 fully saturated rings. The summed E-state index contributed by atoms with van der Waals surface area (Å²) in [5, 5.41) is 32.7. The number of rotatable bonds is 7. The average Bonchev–Trinajstić information content (AvgIpc) is 2.84. The highest BCUT2D eigenvalue weighted by Gasteiger charge is 2.44. The van der Waals surface area contributed by atoms with E-state index in [9.17, 15) is 28.5 Å². The zero-order valence-corrected chi connectivity index (χ0v) is 19.6. The maximum absolute atomic E-state index is 13.5. The normalized spacial score (nSPS) is 24.9. The van der Waals surface area contributed by atoms with E-state index in [2.05, 4.69) is 4.90 Å². The molecule has 0 aliphatic carbocycles. The van der Waals surface area contributed by atoms with Crippen molar-refractivity contribution in [1.82, 2.24) is 4.90 Å². The second kappa shape index (κ2) is 10.2. The molecule has 0 unspecified atom stereocenters. The van der Waals surface area contributed by atoms with E-state index in [1.807, 2.05) is 29.2 Å². The summed E-state index contributed by atoms with van der Waals surface area (Å²) < 4.78 is 50.6. The van der Waals surface area contributed by atoms with Crippen molar-refractivity contribution in [2.75, 3.05) is 51.3 Å². The highest BCUT2D eigenvalue weighted by Crippen LogP contribution is 2.31. The number of hydrogen-bond donors (Lipinski definition) is 3. The second-order valence-electron chi connectivity index (χ2n) is 9.52. The maximum Gasteiger partial charge on any atom is 0.194 e. The molecule has 2 aliphatic rings. The van der Waals surface area contributed by atoms with Crippen molar-refractivity contribution in [3.8, 4) is 11.5 Å². The van der Waals surface area contributed by atoms with E-state index in [0.717, 1.165) is 11.4 Å². The molecular weight excluding hydrogens is 465 g/mol. The van der Waals surface area contributed by atoms with Crippen molar-refractivity contribution < 1.29 is 38.0 Å². The van der Waals surface area contributed by atoms with Crippen molar-refractivity contribution in [3.63, 3.8) is 0 Å². The van der Waals surface area contributed by atoms with Crippen molar-refractivity contribution in [1.29, 1.82) is 0 Å². The summed E-state index contributed by atoms with van der Waals surface area (Å²) in [6.07, 6.45) is 0.169. The SMILES string of the molecule is COc1ccc(N2CCC(O)(CN3CC[C@H](O)[C@@](O)(COc4cc(F)c(F)c(F)c4)C3)CC2)cc1. The zero-order chi connectivity index (χ0) is 25.2. The zero-order valence-electron chi connectivity index (χ0n) is 19.6. The van der Waals surface area contributed by atoms with Gasteiger partial charge in [-0.3, -0.25) is 4.90 Å². The predicted octanol–water partition coefficient (Wildman–Crippen LogP) is 2.32. The number of halogens is 3. The lowest BCUT2D eigenvalue weighted by Crippen LogP contribution is -2.62. The van der Waals surface area contributed by atoms with E-state index in [-0.39, 0.29) is 18.7 Å². The van der Waals surface area contributed by atoms with Crippen LogP contribution in [0.5, 0.6) is 11.5 Å². The lowest BCUT2D eigenvalue weighted by Gasteiger charge is -2.46. The van der Waals surface area contributed by atoms with Crippen LogP contribution < -0.4 is 14.4 Å². The first-order chi connectivity index (χ1) is 16.6. The van der Waals surface area contributed by atoms with Crippen molar-refractivity contribution in [3.05, 3.63) is 53.8 Å². The second-order valence-corrected chi connectivity index (χ2v) is 9.52. The van der Waals surface area contributed by atoms with Gasteiger partial charge in [-0.1, -0.05) is 0 Å². The molecule has 2 saturated heterocycles. The van der Waals surface area contributed by atoms with E-state index in [4.69, 9.17) is 9.47 Å². The van der Waals surface area contributed by atoms with Crippen LogP contribution >= 0.6 is 0 Å². The molecule has 35 heavy (non-hydrogen) atoms. The summed E-state index contributed by atoms with van der Waals surface area (Å²) in [5.74, 6) is -3.92. The van der Waals surface area contributed by atoms with Crippen LogP contribution in [0.4, 0.5) is 18.9 Å². The Morgan fingerprint density at radius 1 is 0.971 bits per heavy atom. The number of hydrogen-bond acceptors (Lipinski definition) is 7. The first-order valence-corrected chi connectivity index (χ1v) is 11.6. The van der Waals surface area contributed by atoms with Gasteiger partial charge in [0.25, 0.3) is 0 Å². The highest BCUT2D eigenvalue weighted by atomic mass is 19.2. The number of benzene rings is 2. The van der Waals surface area contributed by atoms with Gasteiger partial charge in [-0.15, -0.1) is 0 Å². The Kier molecular flexibility index (Phi) is 7.46. The van der Waals surface area contributed by atoms with Crippen LogP contribution in [-0.4, -0.2) is 84.0 Å². The van der Waals surface area contributed by atoms with Gasteiger partial charge in [-0.25, -0.2) is 13.2 Å². The molecule has 2 aromatic rings. The molecule has 7 nitrogen and oxygen atoms in total. The van der Waals surface area contributed by atoms with Crippen molar-refractivity contribution in [2.24, 2.45) is 0 Å². The third-order valence-electron chi connectivity index (χ3n) is 6.93. The number of anilines is 1. The number of aliphatic hydroxyl groups is 3. The van der Waals surface area contributed by atoms with Crippen LogP contribution in [0.15, 0.2) is 36.4 Å². The molecule has 0 radical (unpaired) electrons. The van der Waals surface area contributed by atoms with Crippen molar-refractivity contribution >= 4 is 5.69 Å². The van der Waals surface area contributed by atoms with E-state index in [0.29, 0.717) is 51.2 Å². The van der Waals surface area contributed by atoms with Gasteiger partial charge in [-0.2, -0.15) is 0 Å².